The molecule has 6 heteroatoms. The molecule has 0 N–H and O–H groups in total. The minimum absolute atomic E-state index is 0.166. The van der Waals surface area contributed by atoms with Gasteiger partial charge in [-0.1, -0.05) is 73.4 Å². The van der Waals surface area contributed by atoms with Crippen LogP contribution in [0.5, 0.6) is 0 Å². The van der Waals surface area contributed by atoms with E-state index in [0.29, 0.717) is 16.6 Å². The van der Waals surface area contributed by atoms with Gasteiger partial charge in [-0.3, -0.25) is 19.4 Å². The lowest BCUT2D eigenvalue weighted by Gasteiger charge is -2.41. The number of aryl methyl sites for hydroxylation is 1. The van der Waals surface area contributed by atoms with Gasteiger partial charge in [-0.05, 0) is 77.0 Å². The third-order valence-electron chi connectivity index (χ3n) is 7.68. The molecule has 2 amide bonds. The first-order valence-corrected chi connectivity index (χ1v) is 13.9. The molecule has 5 rings (SSSR count). The first-order chi connectivity index (χ1) is 17.9. The third kappa shape index (κ3) is 5.55. The van der Waals surface area contributed by atoms with E-state index in [2.05, 4.69) is 58.1 Å². The molecular weight excluding hydrogens is 531 g/mol. The maximum atomic E-state index is 14.6. The van der Waals surface area contributed by atoms with Crippen molar-refractivity contribution in [2.24, 2.45) is 0 Å². The number of amides is 2. The van der Waals surface area contributed by atoms with Crippen molar-refractivity contribution < 1.29 is 14.0 Å². The lowest BCUT2D eigenvalue weighted by Crippen LogP contribution is -2.52. The average Bonchev–Trinajstić information content (AvgIpc) is 2.90. The molecule has 2 aliphatic rings. The zero-order valence-corrected chi connectivity index (χ0v) is 22.7. The van der Waals surface area contributed by atoms with Crippen LogP contribution >= 0.6 is 15.9 Å². The number of carbonyl (C=O) groups excluding carboxylic acids is 2. The number of benzene rings is 3. The highest BCUT2D eigenvalue weighted by Gasteiger charge is 2.41. The molecule has 0 spiro atoms. The highest BCUT2D eigenvalue weighted by molar-refractivity contribution is 9.10. The van der Waals surface area contributed by atoms with Crippen molar-refractivity contribution in [3.05, 3.63) is 105 Å². The Labute approximate surface area is 226 Å². The second-order valence-electron chi connectivity index (χ2n) is 10.2. The summed E-state index contributed by atoms with van der Waals surface area (Å²) in [5.74, 6) is -0.973. The number of rotatable bonds is 5. The topological polar surface area (TPSA) is 40.6 Å². The van der Waals surface area contributed by atoms with E-state index in [1.807, 2.05) is 18.2 Å². The molecule has 3 aromatic rings. The summed E-state index contributed by atoms with van der Waals surface area (Å²) in [4.78, 5) is 32.3. The predicted octanol–water partition coefficient (Wildman–Crippen LogP) is 7.00. The molecule has 4 nitrogen and oxygen atoms in total. The molecule has 192 valence electrons. The van der Waals surface area contributed by atoms with E-state index in [1.165, 1.54) is 28.7 Å². The highest BCUT2D eigenvalue weighted by Crippen LogP contribution is 2.36. The summed E-state index contributed by atoms with van der Waals surface area (Å²) in [6.07, 6.45) is 5.53. The molecule has 1 unspecified atom stereocenters. The molecule has 3 aromatic carbocycles. The Bertz CT molecular complexity index is 1290. The number of nitrogens with zero attached hydrogens (tertiary/aromatic N) is 2. The maximum absolute atomic E-state index is 14.6. The molecule has 1 saturated carbocycles. The van der Waals surface area contributed by atoms with Gasteiger partial charge in [0, 0.05) is 23.6 Å². The van der Waals surface area contributed by atoms with Crippen LogP contribution in [0.1, 0.15) is 70.8 Å². The van der Waals surface area contributed by atoms with Crippen molar-refractivity contribution in [1.82, 2.24) is 9.80 Å². The predicted molar refractivity (Wildman–Crippen MR) is 147 cm³/mol. The normalized spacial score (nSPS) is 18.3. The van der Waals surface area contributed by atoms with Crippen molar-refractivity contribution in [3.63, 3.8) is 0 Å². The van der Waals surface area contributed by atoms with Crippen LogP contribution in [0.4, 0.5) is 4.39 Å². The Morgan fingerprint density at radius 2 is 1.73 bits per heavy atom. The van der Waals surface area contributed by atoms with Gasteiger partial charge in [0.2, 0.25) is 0 Å². The summed E-state index contributed by atoms with van der Waals surface area (Å²) in [5, 5.41) is 0. The van der Waals surface area contributed by atoms with Gasteiger partial charge in [-0.15, -0.1) is 0 Å². The molecular formula is C31H32BrFN2O2. The van der Waals surface area contributed by atoms with Crippen molar-refractivity contribution in [1.29, 1.82) is 0 Å². The van der Waals surface area contributed by atoms with Gasteiger partial charge >= 0.3 is 0 Å². The number of carbonyl (C=O) groups is 2. The summed E-state index contributed by atoms with van der Waals surface area (Å²) >= 11 is 3.36. The molecule has 0 radical (unpaired) electrons. The number of halogens is 2. The fourth-order valence-electron chi connectivity index (χ4n) is 5.72. The smallest absolute Gasteiger partial charge is 0.261 e. The van der Waals surface area contributed by atoms with Crippen molar-refractivity contribution in [2.45, 2.75) is 64.1 Å². The van der Waals surface area contributed by atoms with Crippen LogP contribution in [-0.4, -0.2) is 34.2 Å². The van der Waals surface area contributed by atoms with E-state index in [-0.39, 0.29) is 17.9 Å². The summed E-state index contributed by atoms with van der Waals surface area (Å²) in [6, 6.07) is 19.8. The van der Waals surface area contributed by atoms with Gasteiger partial charge in [0.1, 0.15) is 11.9 Å². The van der Waals surface area contributed by atoms with E-state index in [0.717, 1.165) is 61.8 Å². The monoisotopic (exact) mass is 562 g/mol. The van der Waals surface area contributed by atoms with Crippen LogP contribution in [0, 0.1) is 12.7 Å². The lowest BCUT2D eigenvalue weighted by molar-refractivity contribution is -0.137. The zero-order valence-electron chi connectivity index (χ0n) is 21.1. The average molecular weight is 564 g/mol. The number of hydrogen-bond donors (Lipinski definition) is 0. The van der Waals surface area contributed by atoms with E-state index < -0.39 is 11.9 Å². The van der Waals surface area contributed by atoms with Gasteiger partial charge in [-0.25, -0.2) is 4.39 Å². The summed E-state index contributed by atoms with van der Waals surface area (Å²) in [5.41, 5.74) is 4.77. The second kappa shape index (κ2) is 11.3. The van der Waals surface area contributed by atoms with Crippen molar-refractivity contribution >= 4 is 27.7 Å². The Morgan fingerprint density at radius 1 is 1.00 bits per heavy atom. The van der Waals surface area contributed by atoms with E-state index in [1.54, 1.807) is 0 Å². The number of fused-ring (bicyclic) bond motifs is 1. The van der Waals surface area contributed by atoms with Gasteiger partial charge in [-0.2, -0.15) is 0 Å². The summed E-state index contributed by atoms with van der Waals surface area (Å²) in [7, 11) is 0. The molecule has 1 heterocycles. The highest BCUT2D eigenvalue weighted by atomic mass is 79.9. The first kappa shape index (κ1) is 25.8. The van der Waals surface area contributed by atoms with E-state index in [4.69, 9.17) is 0 Å². The number of hydrogen-bond acceptors (Lipinski definition) is 3. The third-order valence-corrected chi connectivity index (χ3v) is 8.34. The fraction of sp³-hybridized carbons (Fsp3) is 0.355. The molecule has 37 heavy (non-hydrogen) atoms. The molecule has 1 atom stereocenters. The molecule has 1 fully saturated rings. The molecule has 0 aromatic heterocycles. The summed E-state index contributed by atoms with van der Waals surface area (Å²) < 4.78 is 14.2. The molecule has 0 saturated heterocycles. The first-order valence-electron chi connectivity index (χ1n) is 13.1. The van der Waals surface area contributed by atoms with Crippen LogP contribution in [0.2, 0.25) is 0 Å². The van der Waals surface area contributed by atoms with Crippen molar-refractivity contribution in [3.8, 4) is 0 Å². The van der Waals surface area contributed by atoms with Gasteiger partial charge in [0.25, 0.3) is 11.8 Å². The van der Waals surface area contributed by atoms with E-state index in [9.17, 15) is 14.0 Å². The van der Waals surface area contributed by atoms with E-state index >= 15 is 0 Å². The van der Waals surface area contributed by atoms with Crippen LogP contribution < -0.4 is 0 Å². The fourth-order valence-corrected chi connectivity index (χ4v) is 6.24. The quantitative estimate of drug-likeness (QED) is 0.314. The SMILES string of the molecule is Cc1ccc(CN2CCc3ccccc3C2C(=O)N(C(=O)c2ccc(F)cc2Br)C2CCCCC2)cc1. The largest absolute Gasteiger partial charge is 0.284 e. The Morgan fingerprint density at radius 3 is 2.46 bits per heavy atom. The van der Waals surface area contributed by atoms with Crippen molar-refractivity contribution in [2.75, 3.05) is 6.54 Å². The zero-order chi connectivity index (χ0) is 25.9. The minimum atomic E-state index is -0.559. The standard InChI is InChI=1S/C31H32BrFN2O2/c1-21-11-13-22(14-12-21)20-34-18-17-23-7-5-6-10-26(23)29(34)31(37)35(25-8-3-2-4-9-25)30(36)27-16-15-24(33)19-28(27)32/h5-7,10-16,19,25,29H,2-4,8-9,17-18,20H2,1H3. The maximum Gasteiger partial charge on any atom is 0.261 e. The number of imide groups is 1. The lowest BCUT2D eigenvalue weighted by atomic mass is 9.89. The van der Waals surface area contributed by atoms with Gasteiger partial charge < -0.3 is 0 Å². The Hall–Kier alpha value is -2.83. The van der Waals surface area contributed by atoms with Crippen LogP contribution in [0.15, 0.2) is 71.2 Å². The van der Waals surface area contributed by atoms with Gasteiger partial charge in [0.05, 0.1) is 5.56 Å². The minimum Gasteiger partial charge on any atom is -0.284 e. The Kier molecular flexibility index (Phi) is 7.87. The molecule has 1 aliphatic heterocycles. The Balaban J connectivity index is 1.55. The summed E-state index contributed by atoms with van der Waals surface area (Å²) in [6.45, 7) is 3.42. The van der Waals surface area contributed by atoms with Crippen LogP contribution in [-0.2, 0) is 17.8 Å². The second-order valence-corrected chi connectivity index (χ2v) is 11.1. The van der Waals surface area contributed by atoms with Crippen LogP contribution in [0.25, 0.3) is 0 Å². The van der Waals surface area contributed by atoms with Gasteiger partial charge in [0.15, 0.2) is 0 Å². The van der Waals surface area contributed by atoms with Crippen LogP contribution in [0.3, 0.4) is 0 Å². The molecule has 1 aliphatic carbocycles. The molecule has 0 bridgehead atoms.